The zero-order valence-electron chi connectivity index (χ0n) is 10.1. The molecule has 0 radical (unpaired) electrons. The van der Waals surface area contributed by atoms with Crippen LogP contribution < -0.4 is 10.6 Å². The van der Waals surface area contributed by atoms with Crippen LogP contribution in [-0.2, 0) is 16.0 Å². The smallest absolute Gasteiger partial charge is 0.256 e. The Morgan fingerprint density at radius 1 is 1.61 bits per heavy atom. The van der Waals surface area contributed by atoms with Crippen molar-refractivity contribution in [3.63, 3.8) is 0 Å². The maximum Gasteiger partial charge on any atom is 0.256 e. The first kappa shape index (κ1) is 15.3. The number of ether oxygens (including phenoxy) is 1. The number of carbonyl (C=O) groups is 1. The number of nitrogens with zero attached hydrogens (tertiary/aromatic N) is 2. The Labute approximate surface area is 116 Å². The van der Waals surface area contributed by atoms with E-state index in [1.165, 1.54) is 11.3 Å². The maximum atomic E-state index is 11.8. The van der Waals surface area contributed by atoms with Crippen LogP contribution in [0.5, 0.6) is 0 Å². The number of nitrogens with one attached hydrogen (secondary N) is 2. The Balaban J connectivity index is 0.00000162. The lowest BCUT2D eigenvalue weighted by molar-refractivity contribution is -0.128. The molecule has 2 N–H and O–H groups in total. The normalized spacial score (nSPS) is 19.1. The molecule has 2 rings (SSSR count). The van der Waals surface area contributed by atoms with E-state index < -0.39 is 6.10 Å². The molecule has 8 heteroatoms. The summed E-state index contributed by atoms with van der Waals surface area (Å²) >= 11 is 1.42. The Bertz CT molecular complexity index is 382. The summed E-state index contributed by atoms with van der Waals surface area (Å²) in [5, 5.41) is 15.3. The van der Waals surface area contributed by atoms with E-state index in [1.807, 2.05) is 0 Å². The average Bonchev–Trinajstić information content (AvgIpc) is 2.78. The van der Waals surface area contributed by atoms with Crippen LogP contribution in [0.15, 0.2) is 0 Å². The van der Waals surface area contributed by atoms with Gasteiger partial charge in [-0.3, -0.25) is 10.1 Å². The van der Waals surface area contributed by atoms with Crippen molar-refractivity contribution in [2.24, 2.45) is 0 Å². The number of halogens is 1. The molecule has 2 heterocycles. The van der Waals surface area contributed by atoms with E-state index in [-0.39, 0.29) is 18.3 Å². The lowest BCUT2D eigenvalue weighted by Crippen LogP contribution is -2.45. The van der Waals surface area contributed by atoms with Crippen LogP contribution in [0.1, 0.15) is 18.4 Å². The predicted molar refractivity (Wildman–Crippen MR) is 72.4 cm³/mol. The number of hydrogen-bond donors (Lipinski definition) is 2. The summed E-state index contributed by atoms with van der Waals surface area (Å²) in [6, 6.07) is 0. The first-order valence-electron chi connectivity index (χ1n) is 5.75. The Morgan fingerprint density at radius 2 is 2.44 bits per heavy atom. The van der Waals surface area contributed by atoms with Gasteiger partial charge < -0.3 is 10.1 Å². The molecule has 1 aromatic rings. The molecule has 0 saturated carbocycles. The molecule has 1 atom stereocenters. The fraction of sp³-hybridized carbons (Fsp3) is 0.700. The van der Waals surface area contributed by atoms with Crippen molar-refractivity contribution in [1.29, 1.82) is 0 Å². The van der Waals surface area contributed by atoms with E-state index in [0.29, 0.717) is 18.3 Å². The highest BCUT2D eigenvalue weighted by Crippen LogP contribution is 2.16. The van der Waals surface area contributed by atoms with Gasteiger partial charge >= 0.3 is 0 Å². The van der Waals surface area contributed by atoms with Crippen molar-refractivity contribution in [3.05, 3.63) is 5.01 Å². The molecule has 0 bridgehead atoms. The summed E-state index contributed by atoms with van der Waals surface area (Å²) in [5.74, 6) is -0.156. The minimum absolute atomic E-state index is 0. The van der Waals surface area contributed by atoms with E-state index in [1.54, 1.807) is 0 Å². The fourth-order valence-electron chi connectivity index (χ4n) is 1.54. The van der Waals surface area contributed by atoms with Crippen LogP contribution in [-0.4, -0.2) is 41.9 Å². The third-order valence-corrected chi connectivity index (χ3v) is 3.28. The van der Waals surface area contributed by atoms with Gasteiger partial charge in [0.1, 0.15) is 11.1 Å². The summed E-state index contributed by atoms with van der Waals surface area (Å²) < 4.78 is 5.35. The SMILES string of the molecule is CCCc1nnc(NC(=O)C2CNCCO2)s1.Cl. The summed E-state index contributed by atoms with van der Waals surface area (Å²) in [6.07, 6.45) is 1.50. The molecule has 0 spiro atoms. The van der Waals surface area contributed by atoms with Crippen LogP contribution in [0.2, 0.25) is 0 Å². The van der Waals surface area contributed by atoms with Crippen molar-refractivity contribution in [2.75, 3.05) is 25.0 Å². The van der Waals surface area contributed by atoms with Gasteiger partial charge in [-0.05, 0) is 6.42 Å². The minimum atomic E-state index is -0.428. The van der Waals surface area contributed by atoms with Crippen molar-refractivity contribution in [1.82, 2.24) is 15.5 Å². The number of aromatic nitrogens is 2. The molecular weight excluding hydrogens is 276 g/mol. The van der Waals surface area contributed by atoms with Crippen molar-refractivity contribution >= 4 is 34.8 Å². The van der Waals surface area contributed by atoms with E-state index in [4.69, 9.17) is 4.74 Å². The molecule has 1 aliphatic heterocycles. The van der Waals surface area contributed by atoms with Gasteiger partial charge in [-0.1, -0.05) is 18.3 Å². The maximum absolute atomic E-state index is 11.8. The van der Waals surface area contributed by atoms with Crippen LogP contribution >= 0.6 is 23.7 Å². The molecule has 1 aliphatic rings. The number of carbonyl (C=O) groups excluding carboxylic acids is 1. The van der Waals surface area contributed by atoms with Gasteiger partial charge in [-0.25, -0.2) is 0 Å². The zero-order chi connectivity index (χ0) is 12.1. The van der Waals surface area contributed by atoms with E-state index in [9.17, 15) is 4.79 Å². The second-order valence-corrected chi connectivity index (χ2v) is 4.87. The molecule has 0 aromatic carbocycles. The van der Waals surface area contributed by atoms with Crippen LogP contribution in [0.25, 0.3) is 0 Å². The summed E-state index contributed by atoms with van der Waals surface area (Å²) in [5.41, 5.74) is 0. The van der Waals surface area contributed by atoms with Gasteiger partial charge in [0, 0.05) is 19.5 Å². The molecule has 1 unspecified atom stereocenters. The van der Waals surface area contributed by atoms with E-state index in [0.717, 1.165) is 24.4 Å². The molecule has 1 fully saturated rings. The van der Waals surface area contributed by atoms with Crippen molar-refractivity contribution in [3.8, 4) is 0 Å². The quantitative estimate of drug-likeness (QED) is 0.860. The number of rotatable bonds is 4. The third kappa shape index (κ3) is 4.16. The number of anilines is 1. The lowest BCUT2D eigenvalue weighted by atomic mass is 10.3. The molecule has 6 nitrogen and oxygen atoms in total. The summed E-state index contributed by atoms with van der Waals surface area (Å²) in [4.78, 5) is 11.8. The van der Waals surface area contributed by atoms with Gasteiger partial charge in [-0.2, -0.15) is 0 Å². The van der Waals surface area contributed by atoms with Crippen LogP contribution in [0.3, 0.4) is 0 Å². The minimum Gasteiger partial charge on any atom is -0.366 e. The molecule has 102 valence electrons. The van der Waals surface area contributed by atoms with Crippen molar-refractivity contribution in [2.45, 2.75) is 25.9 Å². The van der Waals surface area contributed by atoms with Gasteiger partial charge in [0.05, 0.1) is 6.61 Å². The highest BCUT2D eigenvalue weighted by molar-refractivity contribution is 7.15. The van der Waals surface area contributed by atoms with Crippen LogP contribution in [0.4, 0.5) is 5.13 Å². The topological polar surface area (TPSA) is 76.1 Å². The molecule has 0 aliphatic carbocycles. The molecule has 1 amide bonds. The Kier molecular flexibility index (Phi) is 6.48. The predicted octanol–water partition coefficient (Wildman–Crippen LogP) is 0.839. The first-order chi connectivity index (χ1) is 8.29. The molecule has 1 aromatic heterocycles. The number of hydrogen-bond acceptors (Lipinski definition) is 6. The number of amides is 1. The highest BCUT2D eigenvalue weighted by Gasteiger charge is 2.22. The van der Waals surface area contributed by atoms with E-state index in [2.05, 4.69) is 27.8 Å². The third-order valence-electron chi connectivity index (χ3n) is 2.38. The van der Waals surface area contributed by atoms with Gasteiger partial charge in [-0.15, -0.1) is 22.6 Å². The summed E-state index contributed by atoms with van der Waals surface area (Å²) in [7, 11) is 0. The molecular formula is C10H17ClN4O2S. The first-order valence-corrected chi connectivity index (χ1v) is 6.57. The van der Waals surface area contributed by atoms with Gasteiger partial charge in [0.2, 0.25) is 5.13 Å². The summed E-state index contributed by atoms with van der Waals surface area (Å²) in [6.45, 7) is 3.99. The van der Waals surface area contributed by atoms with Gasteiger partial charge in [0.15, 0.2) is 0 Å². The monoisotopic (exact) mass is 292 g/mol. The van der Waals surface area contributed by atoms with E-state index >= 15 is 0 Å². The zero-order valence-corrected chi connectivity index (χ0v) is 11.8. The fourth-order valence-corrected chi connectivity index (χ4v) is 2.38. The Morgan fingerprint density at radius 3 is 3.11 bits per heavy atom. The van der Waals surface area contributed by atoms with Crippen LogP contribution in [0, 0.1) is 0 Å². The highest BCUT2D eigenvalue weighted by atomic mass is 35.5. The largest absolute Gasteiger partial charge is 0.366 e. The average molecular weight is 293 g/mol. The number of aryl methyl sites for hydroxylation is 1. The lowest BCUT2D eigenvalue weighted by Gasteiger charge is -2.21. The number of morpholine rings is 1. The van der Waals surface area contributed by atoms with Gasteiger partial charge in [0.25, 0.3) is 5.91 Å². The second kappa shape index (κ2) is 7.63. The standard InChI is InChI=1S/C10H16N4O2S.ClH/c1-2-3-8-13-14-10(17-8)12-9(15)7-6-11-4-5-16-7;/h7,11H,2-6H2,1H3,(H,12,14,15);1H. The molecule has 18 heavy (non-hydrogen) atoms. The Hall–Kier alpha value is -0.760. The second-order valence-electron chi connectivity index (χ2n) is 3.80. The van der Waals surface area contributed by atoms with Crippen molar-refractivity contribution < 1.29 is 9.53 Å². The molecule has 1 saturated heterocycles.